The van der Waals surface area contributed by atoms with Gasteiger partial charge in [0.2, 0.25) is 0 Å². The van der Waals surface area contributed by atoms with Crippen molar-refractivity contribution >= 4 is 38.9 Å². The average Bonchev–Trinajstić information content (AvgIpc) is 3.53. The number of fused-ring (bicyclic) bond motifs is 3. The first kappa shape index (κ1) is 29.3. The number of benzene rings is 7. The van der Waals surface area contributed by atoms with Crippen LogP contribution in [-0.2, 0) is 0 Å². The number of nitrogens with zero attached hydrogens (tertiary/aromatic N) is 5. The molecule has 0 saturated heterocycles. The molecule has 50 heavy (non-hydrogen) atoms. The van der Waals surface area contributed by atoms with Crippen LogP contribution in [0.4, 0.5) is 17.1 Å². The smallest absolute Gasteiger partial charge is 0.164 e. The van der Waals surface area contributed by atoms with E-state index in [0.717, 1.165) is 50.5 Å². The number of anilines is 3. The molecule has 0 spiro atoms. The van der Waals surface area contributed by atoms with Gasteiger partial charge in [-0.05, 0) is 60.7 Å². The van der Waals surface area contributed by atoms with E-state index >= 15 is 0 Å². The molecule has 9 aromatic rings. The third-order valence-corrected chi connectivity index (χ3v) is 9.03. The van der Waals surface area contributed by atoms with Crippen LogP contribution in [0.5, 0.6) is 0 Å². The minimum Gasteiger partial charge on any atom is -0.311 e. The van der Waals surface area contributed by atoms with Crippen LogP contribution in [0.3, 0.4) is 0 Å². The molecule has 2 heterocycles. The molecule has 0 aliphatic rings. The maximum atomic E-state index is 5.01. The SMILES string of the molecule is c1ccc(-c2nc(-c3ccccc3)nc(-c3ccc4c5ccccc5n(-c5ccc(N(c6ccccc6)c6ccccc6)cc5)c4c3)n2)cc1. The van der Waals surface area contributed by atoms with Crippen LogP contribution in [-0.4, -0.2) is 19.5 Å². The van der Waals surface area contributed by atoms with E-state index in [0.29, 0.717) is 17.5 Å². The normalized spacial score (nSPS) is 11.2. The lowest BCUT2D eigenvalue weighted by Gasteiger charge is -2.25. The summed E-state index contributed by atoms with van der Waals surface area (Å²) in [7, 11) is 0. The molecule has 0 radical (unpaired) electrons. The number of hydrogen-bond donors (Lipinski definition) is 0. The summed E-state index contributed by atoms with van der Waals surface area (Å²) in [4.78, 5) is 17.2. The predicted octanol–water partition coefficient (Wildman–Crippen LogP) is 11.4. The first-order chi connectivity index (χ1) is 24.8. The van der Waals surface area contributed by atoms with Gasteiger partial charge in [0.05, 0.1) is 11.0 Å². The van der Waals surface area contributed by atoms with E-state index < -0.39 is 0 Å². The fourth-order valence-electron chi connectivity index (χ4n) is 6.68. The van der Waals surface area contributed by atoms with Crippen LogP contribution in [0.2, 0.25) is 0 Å². The quantitative estimate of drug-likeness (QED) is 0.174. The highest BCUT2D eigenvalue weighted by molar-refractivity contribution is 6.10. The van der Waals surface area contributed by atoms with Gasteiger partial charge in [-0.15, -0.1) is 0 Å². The summed E-state index contributed by atoms with van der Waals surface area (Å²) in [6.45, 7) is 0. The van der Waals surface area contributed by atoms with Crippen molar-refractivity contribution in [1.29, 1.82) is 0 Å². The topological polar surface area (TPSA) is 46.8 Å². The Morgan fingerprint density at radius 3 is 1.34 bits per heavy atom. The van der Waals surface area contributed by atoms with Crippen molar-refractivity contribution in [1.82, 2.24) is 19.5 Å². The van der Waals surface area contributed by atoms with E-state index in [1.807, 2.05) is 72.8 Å². The lowest BCUT2D eigenvalue weighted by Crippen LogP contribution is -2.09. The minimum atomic E-state index is 0.633. The second-order valence-corrected chi connectivity index (χ2v) is 12.1. The van der Waals surface area contributed by atoms with E-state index in [2.05, 4.69) is 125 Å². The first-order valence-electron chi connectivity index (χ1n) is 16.7. The van der Waals surface area contributed by atoms with Crippen LogP contribution >= 0.6 is 0 Å². The van der Waals surface area contributed by atoms with Gasteiger partial charge >= 0.3 is 0 Å². The molecule has 0 aliphatic carbocycles. The van der Waals surface area contributed by atoms with E-state index in [4.69, 9.17) is 15.0 Å². The third kappa shape index (κ3) is 5.37. The second kappa shape index (κ2) is 12.6. The molecule has 0 saturated carbocycles. The maximum Gasteiger partial charge on any atom is 0.164 e. The van der Waals surface area contributed by atoms with Crippen molar-refractivity contribution in [2.75, 3.05) is 4.90 Å². The molecular weight excluding hydrogens is 611 g/mol. The summed E-state index contributed by atoms with van der Waals surface area (Å²) >= 11 is 0. The molecule has 5 nitrogen and oxygen atoms in total. The lowest BCUT2D eigenvalue weighted by molar-refractivity contribution is 1.07. The molecule has 7 aromatic carbocycles. The van der Waals surface area contributed by atoms with E-state index in [1.165, 1.54) is 10.8 Å². The van der Waals surface area contributed by atoms with Crippen molar-refractivity contribution in [3.8, 4) is 39.9 Å². The highest BCUT2D eigenvalue weighted by Crippen LogP contribution is 2.38. The van der Waals surface area contributed by atoms with Gasteiger partial charge in [0.1, 0.15) is 0 Å². The van der Waals surface area contributed by atoms with Gasteiger partial charge in [-0.2, -0.15) is 0 Å². The van der Waals surface area contributed by atoms with Gasteiger partial charge in [-0.1, -0.05) is 127 Å². The van der Waals surface area contributed by atoms with Crippen LogP contribution in [0.25, 0.3) is 61.7 Å². The Hall–Kier alpha value is -6.85. The van der Waals surface area contributed by atoms with Gasteiger partial charge in [-0.3, -0.25) is 0 Å². The van der Waals surface area contributed by atoms with E-state index in [1.54, 1.807) is 0 Å². The van der Waals surface area contributed by atoms with Crippen molar-refractivity contribution < 1.29 is 0 Å². The van der Waals surface area contributed by atoms with Gasteiger partial charge in [0.15, 0.2) is 17.5 Å². The fraction of sp³-hybridized carbons (Fsp3) is 0. The highest BCUT2D eigenvalue weighted by Gasteiger charge is 2.18. The first-order valence-corrected chi connectivity index (χ1v) is 16.7. The average molecular weight is 642 g/mol. The maximum absolute atomic E-state index is 5.01. The van der Waals surface area contributed by atoms with Crippen LogP contribution < -0.4 is 4.90 Å². The Morgan fingerprint density at radius 2 is 0.780 bits per heavy atom. The van der Waals surface area contributed by atoms with Crippen LogP contribution in [0.1, 0.15) is 0 Å². The monoisotopic (exact) mass is 641 g/mol. The Bertz CT molecular complexity index is 2470. The highest BCUT2D eigenvalue weighted by atomic mass is 15.1. The zero-order valence-electron chi connectivity index (χ0n) is 27.1. The summed E-state index contributed by atoms with van der Waals surface area (Å²) in [6.07, 6.45) is 0. The lowest BCUT2D eigenvalue weighted by atomic mass is 10.1. The molecule has 2 aromatic heterocycles. The Balaban J connectivity index is 1.20. The van der Waals surface area contributed by atoms with Crippen molar-refractivity contribution in [3.05, 3.63) is 188 Å². The van der Waals surface area contributed by atoms with Crippen molar-refractivity contribution in [2.24, 2.45) is 0 Å². The zero-order valence-corrected chi connectivity index (χ0v) is 27.1. The molecule has 0 unspecified atom stereocenters. The predicted molar refractivity (Wildman–Crippen MR) is 205 cm³/mol. The third-order valence-electron chi connectivity index (χ3n) is 9.03. The molecule has 0 fully saturated rings. The molecule has 0 amide bonds. The number of para-hydroxylation sites is 3. The molecule has 9 rings (SSSR count). The minimum absolute atomic E-state index is 0.633. The molecule has 0 N–H and O–H groups in total. The van der Waals surface area contributed by atoms with Crippen molar-refractivity contribution in [3.63, 3.8) is 0 Å². The standard InChI is InChI=1S/C45H31N5/c1-5-15-32(16-6-1)43-46-44(33-17-7-2-8-18-33)48-45(47-43)34-25-30-40-39-23-13-14-24-41(39)50(42(40)31-34)38-28-26-37(27-29-38)49(35-19-9-3-10-20-35)36-21-11-4-12-22-36/h1-31H. The zero-order chi connectivity index (χ0) is 33.3. The number of aromatic nitrogens is 4. The number of hydrogen-bond acceptors (Lipinski definition) is 4. The largest absolute Gasteiger partial charge is 0.311 e. The molecule has 0 bridgehead atoms. The summed E-state index contributed by atoms with van der Waals surface area (Å²) < 4.78 is 2.34. The fourth-order valence-corrected chi connectivity index (χ4v) is 6.68. The summed E-state index contributed by atoms with van der Waals surface area (Å²) in [6, 6.07) is 65.1. The van der Waals surface area contributed by atoms with Gasteiger partial charge in [0, 0.05) is 50.2 Å². The summed E-state index contributed by atoms with van der Waals surface area (Å²) in [5.74, 6) is 1.92. The van der Waals surface area contributed by atoms with Crippen LogP contribution in [0, 0.1) is 0 Å². The second-order valence-electron chi connectivity index (χ2n) is 12.1. The van der Waals surface area contributed by atoms with Gasteiger partial charge in [-0.25, -0.2) is 15.0 Å². The van der Waals surface area contributed by atoms with Gasteiger partial charge < -0.3 is 9.47 Å². The summed E-state index contributed by atoms with van der Waals surface area (Å²) in [5, 5.41) is 2.36. The molecule has 0 aliphatic heterocycles. The molecule has 236 valence electrons. The molecule has 5 heteroatoms. The van der Waals surface area contributed by atoms with Crippen LogP contribution in [0.15, 0.2) is 188 Å². The molecular formula is C45H31N5. The Kier molecular flexibility index (Phi) is 7.41. The van der Waals surface area contributed by atoms with E-state index in [9.17, 15) is 0 Å². The Labute approximate surface area is 290 Å². The summed E-state index contributed by atoms with van der Waals surface area (Å²) in [5.41, 5.74) is 9.42. The van der Waals surface area contributed by atoms with Gasteiger partial charge in [0.25, 0.3) is 0 Å². The molecule has 0 atom stereocenters. The van der Waals surface area contributed by atoms with E-state index in [-0.39, 0.29) is 0 Å². The van der Waals surface area contributed by atoms with Crippen molar-refractivity contribution in [2.45, 2.75) is 0 Å². The Morgan fingerprint density at radius 1 is 0.340 bits per heavy atom. The number of rotatable bonds is 7.